The molecular formula is C16H23Br2ClN6O. The summed E-state index contributed by atoms with van der Waals surface area (Å²) in [5, 5.41) is 0. The van der Waals surface area contributed by atoms with Crippen molar-refractivity contribution >= 4 is 61.0 Å². The van der Waals surface area contributed by atoms with E-state index in [0.717, 1.165) is 20.4 Å². The predicted molar refractivity (Wildman–Crippen MR) is 114 cm³/mol. The molecule has 10 heteroatoms. The molecule has 3 aromatic rings. The van der Waals surface area contributed by atoms with Crippen LogP contribution in [0.4, 0.5) is 5.95 Å². The minimum Gasteiger partial charge on any atom is -0.368 e. The molecule has 0 saturated carbocycles. The van der Waals surface area contributed by atoms with E-state index >= 15 is 0 Å². The van der Waals surface area contributed by atoms with Crippen molar-refractivity contribution in [1.82, 2.24) is 24.3 Å². The highest BCUT2D eigenvalue weighted by atomic mass is 79.9. The smallest absolute Gasteiger partial charge is 0.233 e. The second-order valence-corrected chi connectivity index (χ2v) is 6.56. The summed E-state index contributed by atoms with van der Waals surface area (Å²) in [6, 6.07) is 0. The van der Waals surface area contributed by atoms with Gasteiger partial charge in [0, 0.05) is 31.0 Å². The lowest BCUT2D eigenvalue weighted by molar-refractivity contribution is -0.114. The highest BCUT2D eigenvalue weighted by Gasteiger charge is 1.97. The van der Waals surface area contributed by atoms with Crippen LogP contribution in [-0.4, -0.2) is 36.0 Å². The standard InChI is InChI=1S/C7H6BrN3.C4H4BrN3.C3H5ClO.2CH4/c1-5-3-11-4-6(8)2-9-7(11)10-5;5-3-1-7-4(6)8-2-3;1-3(5)2-4;;/h2-4H,1H3;1-2H,(H2,6,7,8);2H2,1H3;2*1H4. The van der Waals surface area contributed by atoms with Crippen molar-refractivity contribution in [3.63, 3.8) is 0 Å². The molecule has 144 valence electrons. The van der Waals surface area contributed by atoms with E-state index in [0.29, 0.717) is 5.95 Å². The lowest BCUT2D eigenvalue weighted by Gasteiger charge is -1.90. The maximum absolute atomic E-state index is 9.68. The van der Waals surface area contributed by atoms with Crippen molar-refractivity contribution < 1.29 is 4.79 Å². The van der Waals surface area contributed by atoms with E-state index < -0.39 is 0 Å². The van der Waals surface area contributed by atoms with Gasteiger partial charge in [0.15, 0.2) is 0 Å². The molecule has 0 saturated heterocycles. The second kappa shape index (κ2) is 13.6. The minimum absolute atomic E-state index is 0. The van der Waals surface area contributed by atoms with Crippen LogP contribution in [0.5, 0.6) is 0 Å². The van der Waals surface area contributed by atoms with Gasteiger partial charge in [-0.25, -0.2) is 19.9 Å². The molecule has 0 unspecified atom stereocenters. The van der Waals surface area contributed by atoms with Gasteiger partial charge in [-0.2, -0.15) is 0 Å². The number of nitrogens with zero attached hydrogens (tertiary/aromatic N) is 5. The van der Waals surface area contributed by atoms with Gasteiger partial charge in [0.1, 0.15) is 5.78 Å². The summed E-state index contributed by atoms with van der Waals surface area (Å²) in [6.45, 7) is 3.40. The average molecular weight is 511 g/mol. The van der Waals surface area contributed by atoms with Crippen LogP contribution in [0.2, 0.25) is 0 Å². The number of hydrogen-bond donors (Lipinski definition) is 1. The van der Waals surface area contributed by atoms with Gasteiger partial charge >= 0.3 is 0 Å². The van der Waals surface area contributed by atoms with Gasteiger partial charge in [0.25, 0.3) is 0 Å². The minimum atomic E-state index is 0. The molecule has 0 bridgehead atoms. The summed E-state index contributed by atoms with van der Waals surface area (Å²) >= 11 is 11.5. The number of anilines is 1. The number of halogens is 3. The zero-order chi connectivity index (χ0) is 18.1. The topological polar surface area (TPSA) is 99.1 Å². The van der Waals surface area contributed by atoms with Crippen molar-refractivity contribution in [2.75, 3.05) is 11.6 Å². The number of nitrogen functional groups attached to an aromatic ring is 1. The Bertz CT molecular complexity index is 774. The quantitative estimate of drug-likeness (QED) is 0.476. The SMILES string of the molecule is C.C.CC(=O)CCl.Cc1cn2cc(Br)cnc2n1.Nc1ncc(Br)cn1. The van der Waals surface area contributed by atoms with E-state index in [1.54, 1.807) is 18.6 Å². The number of nitrogens with two attached hydrogens (primary N) is 1. The molecule has 3 rings (SSSR count). The second-order valence-electron chi connectivity index (χ2n) is 4.46. The Morgan fingerprint density at radius 2 is 1.62 bits per heavy atom. The summed E-state index contributed by atoms with van der Waals surface area (Å²) in [6.07, 6.45) is 8.81. The lowest BCUT2D eigenvalue weighted by Crippen LogP contribution is -1.91. The zero-order valence-electron chi connectivity index (χ0n) is 12.9. The van der Waals surface area contributed by atoms with Crippen LogP contribution in [-0.2, 0) is 4.79 Å². The Morgan fingerprint density at radius 1 is 1.12 bits per heavy atom. The molecule has 0 aliphatic heterocycles. The van der Waals surface area contributed by atoms with Crippen molar-refractivity contribution in [3.8, 4) is 0 Å². The van der Waals surface area contributed by atoms with E-state index in [2.05, 4.69) is 51.8 Å². The van der Waals surface area contributed by atoms with Crippen LogP contribution in [0, 0.1) is 6.92 Å². The molecule has 7 nitrogen and oxygen atoms in total. The lowest BCUT2D eigenvalue weighted by atomic mass is 10.5. The van der Waals surface area contributed by atoms with Gasteiger partial charge in [0.2, 0.25) is 11.7 Å². The number of rotatable bonds is 1. The molecule has 0 aromatic carbocycles. The maximum Gasteiger partial charge on any atom is 0.233 e. The van der Waals surface area contributed by atoms with Crippen LogP contribution in [0.3, 0.4) is 0 Å². The molecule has 0 fully saturated rings. The van der Waals surface area contributed by atoms with E-state index in [1.165, 1.54) is 6.92 Å². The third kappa shape index (κ3) is 10.4. The molecule has 0 radical (unpaired) electrons. The molecule has 0 aliphatic rings. The van der Waals surface area contributed by atoms with Crippen LogP contribution in [0.15, 0.2) is 39.9 Å². The molecule has 0 amide bonds. The summed E-state index contributed by atoms with van der Waals surface area (Å²) in [5.74, 6) is 1.20. The fourth-order valence-electron chi connectivity index (χ4n) is 1.30. The molecule has 3 heterocycles. The first kappa shape index (κ1) is 26.6. The van der Waals surface area contributed by atoms with Crippen LogP contribution in [0.1, 0.15) is 27.5 Å². The first-order chi connectivity index (χ1) is 11.3. The number of aryl methyl sites for hydroxylation is 1. The number of alkyl halides is 1. The summed E-state index contributed by atoms with van der Waals surface area (Å²) in [7, 11) is 0. The van der Waals surface area contributed by atoms with E-state index in [4.69, 9.17) is 17.3 Å². The van der Waals surface area contributed by atoms with E-state index in [-0.39, 0.29) is 26.5 Å². The van der Waals surface area contributed by atoms with Gasteiger partial charge in [-0.15, -0.1) is 11.6 Å². The number of hydrogen-bond acceptors (Lipinski definition) is 6. The summed E-state index contributed by atoms with van der Waals surface area (Å²) < 4.78 is 3.69. The average Bonchev–Trinajstić information content (AvgIpc) is 2.90. The van der Waals surface area contributed by atoms with Crippen LogP contribution >= 0.6 is 43.5 Å². The van der Waals surface area contributed by atoms with Crippen molar-refractivity contribution in [2.45, 2.75) is 28.7 Å². The van der Waals surface area contributed by atoms with Crippen LogP contribution < -0.4 is 5.73 Å². The molecule has 3 aromatic heterocycles. The number of imidazole rings is 1. The van der Waals surface area contributed by atoms with Gasteiger partial charge in [-0.1, -0.05) is 14.9 Å². The summed E-state index contributed by atoms with van der Waals surface area (Å²) in [5.41, 5.74) is 6.17. The third-order valence-electron chi connectivity index (χ3n) is 2.23. The number of carbonyl (C=O) groups is 1. The molecular weight excluding hydrogens is 487 g/mol. The molecule has 0 aliphatic carbocycles. The predicted octanol–water partition coefficient (Wildman–Crippen LogP) is 4.71. The maximum atomic E-state index is 9.68. The number of fused-ring (bicyclic) bond motifs is 1. The number of aromatic nitrogens is 5. The van der Waals surface area contributed by atoms with Gasteiger partial charge in [0.05, 0.1) is 20.5 Å². The third-order valence-corrected chi connectivity index (χ3v) is 3.42. The molecule has 26 heavy (non-hydrogen) atoms. The Hall–Kier alpha value is -1.58. The Morgan fingerprint density at radius 3 is 2.08 bits per heavy atom. The monoisotopic (exact) mass is 508 g/mol. The Labute approximate surface area is 175 Å². The molecule has 0 atom stereocenters. The first-order valence-corrected chi connectivity index (χ1v) is 8.69. The Kier molecular flexibility index (Phi) is 13.9. The molecule has 0 spiro atoms. The van der Waals surface area contributed by atoms with E-state index in [1.807, 2.05) is 23.7 Å². The van der Waals surface area contributed by atoms with Crippen molar-refractivity contribution in [2.24, 2.45) is 0 Å². The highest BCUT2D eigenvalue weighted by molar-refractivity contribution is 9.10. The normalized spacial score (nSPS) is 8.81. The number of carbonyl (C=O) groups excluding carboxylic acids is 1. The fraction of sp³-hybridized carbons (Fsp3) is 0.312. The Balaban J connectivity index is 0. The highest BCUT2D eigenvalue weighted by Crippen LogP contribution is 2.08. The first-order valence-electron chi connectivity index (χ1n) is 6.57. The molecule has 2 N–H and O–H groups in total. The largest absolute Gasteiger partial charge is 0.368 e. The fourth-order valence-corrected chi connectivity index (χ4v) is 1.83. The zero-order valence-corrected chi connectivity index (χ0v) is 16.9. The van der Waals surface area contributed by atoms with Crippen molar-refractivity contribution in [1.29, 1.82) is 0 Å². The number of ketones is 1. The van der Waals surface area contributed by atoms with Crippen molar-refractivity contribution in [3.05, 3.63) is 45.6 Å². The van der Waals surface area contributed by atoms with E-state index in [9.17, 15) is 4.79 Å². The summed E-state index contributed by atoms with van der Waals surface area (Å²) in [4.78, 5) is 25.4. The number of Topliss-reactive ketones (excluding diaryl/α,β-unsaturated/α-hetero) is 1. The van der Waals surface area contributed by atoms with Crippen LogP contribution in [0.25, 0.3) is 5.78 Å². The van der Waals surface area contributed by atoms with Gasteiger partial charge < -0.3 is 5.73 Å². The van der Waals surface area contributed by atoms with Gasteiger partial charge in [-0.3, -0.25) is 9.20 Å². The van der Waals surface area contributed by atoms with Gasteiger partial charge in [-0.05, 0) is 45.7 Å².